The highest BCUT2D eigenvalue weighted by molar-refractivity contribution is 5.94. The zero-order chi connectivity index (χ0) is 13.9. The van der Waals surface area contributed by atoms with Crippen molar-refractivity contribution in [3.05, 3.63) is 34.9 Å². The van der Waals surface area contributed by atoms with Crippen LogP contribution in [0.15, 0.2) is 18.2 Å². The highest BCUT2D eigenvalue weighted by Crippen LogP contribution is 2.24. The van der Waals surface area contributed by atoms with Gasteiger partial charge in [-0.2, -0.15) is 0 Å². The molecule has 1 aromatic rings. The molecule has 0 aromatic heterocycles. The molecule has 0 saturated heterocycles. The average molecular weight is 272 g/mol. The van der Waals surface area contributed by atoms with Crippen LogP contribution >= 0.6 is 0 Å². The number of amides is 1. The molecule has 3 rings (SSSR count). The number of nitrogens with two attached hydrogens (primary N) is 1. The summed E-state index contributed by atoms with van der Waals surface area (Å²) in [5.74, 6) is 0.500. The Morgan fingerprint density at radius 1 is 1.15 bits per heavy atom. The monoisotopic (exact) mass is 272 g/mol. The maximum absolute atomic E-state index is 12.2. The molecule has 3 heteroatoms. The van der Waals surface area contributed by atoms with Crippen molar-refractivity contribution >= 4 is 5.91 Å². The summed E-state index contributed by atoms with van der Waals surface area (Å²) in [6.45, 7) is 0.719. The lowest BCUT2D eigenvalue weighted by Gasteiger charge is -2.28. The van der Waals surface area contributed by atoms with Crippen LogP contribution in [0.2, 0.25) is 0 Å². The van der Waals surface area contributed by atoms with E-state index < -0.39 is 0 Å². The van der Waals surface area contributed by atoms with E-state index in [1.807, 2.05) is 6.07 Å². The topological polar surface area (TPSA) is 55.1 Å². The van der Waals surface area contributed by atoms with E-state index in [0.717, 1.165) is 37.8 Å². The van der Waals surface area contributed by atoms with E-state index in [0.29, 0.717) is 5.92 Å². The fourth-order valence-electron chi connectivity index (χ4n) is 3.53. The Labute approximate surface area is 120 Å². The second kappa shape index (κ2) is 5.96. The van der Waals surface area contributed by atoms with Gasteiger partial charge in [-0.05, 0) is 61.3 Å². The summed E-state index contributed by atoms with van der Waals surface area (Å²) in [5.41, 5.74) is 9.69. The van der Waals surface area contributed by atoms with Crippen molar-refractivity contribution in [3.8, 4) is 0 Å². The van der Waals surface area contributed by atoms with E-state index in [1.165, 1.54) is 30.4 Å². The number of hydrogen-bond acceptors (Lipinski definition) is 2. The number of rotatable bonds is 3. The number of benzene rings is 1. The minimum absolute atomic E-state index is 0.0532. The lowest BCUT2D eigenvalue weighted by molar-refractivity contribution is 0.0941. The van der Waals surface area contributed by atoms with Crippen LogP contribution in [0.25, 0.3) is 0 Å². The van der Waals surface area contributed by atoms with Gasteiger partial charge in [-0.15, -0.1) is 0 Å². The fraction of sp³-hybridized carbons (Fsp3) is 0.588. The number of aryl methyl sites for hydroxylation is 2. The normalized spacial score (nSPS) is 25.2. The van der Waals surface area contributed by atoms with Gasteiger partial charge >= 0.3 is 0 Å². The SMILES string of the molecule is NC1CCCCC1CNC(=O)c1ccc2c(c1)CCC2. The molecular weight excluding hydrogens is 248 g/mol. The zero-order valence-electron chi connectivity index (χ0n) is 12.0. The first-order valence-corrected chi connectivity index (χ1v) is 7.89. The maximum atomic E-state index is 12.2. The van der Waals surface area contributed by atoms with Crippen molar-refractivity contribution in [2.45, 2.75) is 51.0 Å². The number of carbonyl (C=O) groups is 1. The Hall–Kier alpha value is -1.35. The van der Waals surface area contributed by atoms with E-state index in [2.05, 4.69) is 17.4 Å². The molecule has 0 bridgehead atoms. The van der Waals surface area contributed by atoms with Gasteiger partial charge in [-0.25, -0.2) is 0 Å². The fourth-order valence-corrected chi connectivity index (χ4v) is 3.53. The third-order valence-corrected chi connectivity index (χ3v) is 4.85. The van der Waals surface area contributed by atoms with Crippen LogP contribution in [0.4, 0.5) is 0 Å². The van der Waals surface area contributed by atoms with Crippen LogP contribution in [0, 0.1) is 5.92 Å². The molecule has 1 saturated carbocycles. The molecule has 0 radical (unpaired) electrons. The Bertz CT molecular complexity index is 498. The second-order valence-corrected chi connectivity index (χ2v) is 6.26. The van der Waals surface area contributed by atoms with Gasteiger partial charge in [0, 0.05) is 18.2 Å². The summed E-state index contributed by atoms with van der Waals surface area (Å²) in [7, 11) is 0. The second-order valence-electron chi connectivity index (χ2n) is 6.26. The Morgan fingerprint density at radius 3 is 2.80 bits per heavy atom. The van der Waals surface area contributed by atoms with Crippen molar-refractivity contribution in [3.63, 3.8) is 0 Å². The lowest BCUT2D eigenvalue weighted by Crippen LogP contribution is -2.41. The summed E-state index contributed by atoms with van der Waals surface area (Å²) in [4.78, 5) is 12.2. The summed E-state index contributed by atoms with van der Waals surface area (Å²) < 4.78 is 0. The third-order valence-electron chi connectivity index (χ3n) is 4.85. The van der Waals surface area contributed by atoms with Crippen molar-refractivity contribution < 1.29 is 4.79 Å². The van der Waals surface area contributed by atoms with Crippen molar-refractivity contribution in [1.82, 2.24) is 5.32 Å². The number of carbonyl (C=O) groups excluding carboxylic acids is 1. The molecular formula is C17H24N2O. The van der Waals surface area contributed by atoms with Gasteiger partial charge in [0.15, 0.2) is 0 Å². The molecule has 20 heavy (non-hydrogen) atoms. The molecule has 0 spiro atoms. The lowest BCUT2D eigenvalue weighted by atomic mass is 9.85. The van der Waals surface area contributed by atoms with Gasteiger partial charge in [0.1, 0.15) is 0 Å². The first-order valence-electron chi connectivity index (χ1n) is 7.89. The molecule has 108 valence electrons. The van der Waals surface area contributed by atoms with Gasteiger partial charge in [0.2, 0.25) is 0 Å². The number of fused-ring (bicyclic) bond motifs is 1. The molecule has 0 heterocycles. The highest BCUT2D eigenvalue weighted by Gasteiger charge is 2.22. The van der Waals surface area contributed by atoms with E-state index in [4.69, 9.17) is 5.73 Å². The summed E-state index contributed by atoms with van der Waals surface area (Å²) >= 11 is 0. The van der Waals surface area contributed by atoms with E-state index in [-0.39, 0.29) is 11.9 Å². The molecule has 1 aromatic carbocycles. The quantitative estimate of drug-likeness (QED) is 0.888. The van der Waals surface area contributed by atoms with Crippen LogP contribution in [0.3, 0.4) is 0 Å². The summed E-state index contributed by atoms with van der Waals surface area (Å²) in [5, 5.41) is 3.07. The van der Waals surface area contributed by atoms with Gasteiger partial charge in [-0.1, -0.05) is 18.9 Å². The third kappa shape index (κ3) is 2.88. The molecule has 1 fully saturated rings. The molecule has 2 aliphatic rings. The highest BCUT2D eigenvalue weighted by atomic mass is 16.1. The summed E-state index contributed by atoms with van der Waals surface area (Å²) in [6.07, 6.45) is 8.21. The largest absolute Gasteiger partial charge is 0.352 e. The van der Waals surface area contributed by atoms with Gasteiger partial charge in [0.05, 0.1) is 0 Å². The first-order chi connectivity index (χ1) is 9.74. The minimum Gasteiger partial charge on any atom is -0.352 e. The molecule has 3 nitrogen and oxygen atoms in total. The van der Waals surface area contributed by atoms with Crippen LogP contribution in [0.5, 0.6) is 0 Å². The molecule has 1 amide bonds. The predicted molar refractivity (Wildman–Crippen MR) is 80.7 cm³/mol. The van der Waals surface area contributed by atoms with E-state index in [9.17, 15) is 4.79 Å². The van der Waals surface area contributed by atoms with Crippen LogP contribution in [0.1, 0.15) is 53.6 Å². The van der Waals surface area contributed by atoms with Crippen LogP contribution in [-0.2, 0) is 12.8 Å². The van der Waals surface area contributed by atoms with E-state index in [1.54, 1.807) is 0 Å². The Morgan fingerprint density at radius 2 is 1.95 bits per heavy atom. The van der Waals surface area contributed by atoms with Gasteiger partial charge in [-0.3, -0.25) is 4.79 Å². The van der Waals surface area contributed by atoms with Crippen molar-refractivity contribution in [1.29, 1.82) is 0 Å². The van der Waals surface area contributed by atoms with Gasteiger partial charge in [0.25, 0.3) is 5.91 Å². The molecule has 2 unspecified atom stereocenters. The van der Waals surface area contributed by atoms with Crippen LogP contribution in [-0.4, -0.2) is 18.5 Å². The number of nitrogens with one attached hydrogen (secondary N) is 1. The molecule has 0 aliphatic heterocycles. The summed E-state index contributed by atoms with van der Waals surface area (Å²) in [6, 6.07) is 6.39. The molecule has 3 N–H and O–H groups in total. The standard InChI is InChI=1S/C17H24N2O/c18-16-7-2-1-4-15(16)11-19-17(20)14-9-8-12-5-3-6-13(12)10-14/h8-10,15-16H,1-7,11,18H2,(H,19,20). The molecule has 2 aliphatic carbocycles. The first kappa shape index (κ1) is 13.6. The number of hydrogen-bond donors (Lipinski definition) is 2. The zero-order valence-corrected chi connectivity index (χ0v) is 12.0. The van der Waals surface area contributed by atoms with Crippen molar-refractivity contribution in [2.75, 3.05) is 6.54 Å². The Balaban J connectivity index is 1.59. The van der Waals surface area contributed by atoms with E-state index >= 15 is 0 Å². The Kier molecular flexibility index (Phi) is 4.06. The van der Waals surface area contributed by atoms with Gasteiger partial charge < -0.3 is 11.1 Å². The van der Waals surface area contributed by atoms with Crippen LogP contribution < -0.4 is 11.1 Å². The average Bonchev–Trinajstić information content (AvgIpc) is 2.93. The maximum Gasteiger partial charge on any atom is 0.251 e. The predicted octanol–water partition coefficient (Wildman–Crippen LogP) is 2.42. The molecule has 2 atom stereocenters. The minimum atomic E-state index is 0.0532. The van der Waals surface area contributed by atoms with Crippen molar-refractivity contribution in [2.24, 2.45) is 11.7 Å². The smallest absolute Gasteiger partial charge is 0.251 e.